The van der Waals surface area contributed by atoms with Crippen molar-refractivity contribution in [2.24, 2.45) is 11.8 Å². The number of esters is 1. The fraction of sp³-hybridized carbons (Fsp3) is 0.636. The molecule has 0 N–H and O–H groups in total. The number of likely N-dealkylation sites (tertiary alicyclic amines) is 2. The summed E-state index contributed by atoms with van der Waals surface area (Å²) in [4.78, 5) is 55.5. The Morgan fingerprint density at radius 2 is 1.65 bits per heavy atom. The third-order valence-electron chi connectivity index (χ3n) is 6.08. The van der Waals surface area contributed by atoms with Crippen LogP contribution in [0.3, 0.4) is 0 Å². The van der Waals surface area contributed by atoms with Crippen LogP contribution >= 0.6 is 11.3 Å². The van der Waals surface area contributed by atoms with Gasteiger partial charge in [0.2, 0.25) is 11.8 Å². The Labute approximate surface area is 187 Å². The average Bonchev–Trinajstić information content (AvgIpc) is 3.33. The maximum absolute atomic E-state index is 12.8. The normalized spacial score (nSPS) is 18.0. The molecule has 0 aliphatic carbocycles. The van der Waals surface area contributed by atoms with Crippen LogP contribution in [0.5, 0.6) is 0 Å². The molecule has 2 aliphatic rings. The number of ether oxygens (including phenoxy) is 1. The van der Waals surface area contributed by atoms with Crippen LogP contribution in [0.1, 0.15) is 42.3 Å². The Balaban J connectivity index is 1.42. The summed E-state index contributed by atoms with van der Waals surface area (Å²) in [6.45, 7) is 4.31. The highest BCUT2D eigenvalue weighted by Gasteiger charge is 2.32. The molecule has 0 atom stereocenters. The van der Waals surface area contributed by atoms with Crippen LogP contribution in [0.2, 0.25) is 0 Å². The molecule has 2 fully saturated rings. The second-order valence-corrected chi connectivity index (χ2v) is 9.09. The lowest BCUT2D eigenvalue weighted by Crippen LogP contribution is -2.48. The fourth-order valence-corrected chi connectivity index (χ4v) is 4.89. The minimum atomic E-state index is -0.189. The molecule has 0 bridgehead atoms. The molecular weight excluding hydrogens is 418 g/mol. The lowest BCUT2D eigenvalue weighted by Gasteiger charge is -2.34. The van der Waals surface area contributed by atoms with Gasteiger partial charge in [0.1, 0.15) is 0 Å². The quantitative estimate of drug-likeness (QED) is 0.619. The zero-order valence-electron chi connectivity index (χ0n) is 18.2. The van der Waals surface area contributed by atoms with E-state index in [1.54, 1.807) is 23.8 Å². The summed E-state index contributed by atoms with van der Waals surface area (Å²) in [5, 5.41) is 1.88. The smallest absolute Gasteiger partial charge is 0.309 e. The predicted molar refractivity (Wildman–Crippen MR) is 117 cm³/mol. The predicted octanol–water partition coefficient (Wildman–Crippen LogP) is 1.86. The van der Waals surface area contributed by atoms with Crippen molar-refractivity contribution < 1.29 is 23.9 Å². The number of carbonyl (C=O) groups is 4. The third-order valence-corrected chi connectivity index (χ3v) is 6.94. The number of piperidine rings is 2. The molecule has 1 aromatic heterocycles. The summed E-state index contributed by atoms with van der Waals surface area (Å²) in [6, 6.07) is 3.68. The van der Waals surface area contributed by atoms with Crippen molar-refractivity contribution in [3.05, 3.63) is 22.4 Å². The maximum atomic E-state index is 12.8. The number of hydrogen-bond acceptors (Lipinski definition) is 6. The van der Waals surface area contributed by atoms with Crippen LogP contribution in [0.4, 0.5) is 0 Å². The van der Waals surface area contributed by atoms with Gasteiger partial charge in [-0.15, -0.1) is 11.3 Å². The molecule has 3 rings (SSSR count). The van der Waals surface area contributed by atoms with Crippen LogP contribution in [0, 0.1) is 11.8 Å². The Hall–Kier alpha value is -2.42. The van der Waals surface area contributed by atoms with Gasteiger partial charge < -0.3 is 19.4 Å². The van der Waals surface area contributed by atoms with Crippen molar-refractivity contribution in [1.29, 1.82) is 0 Å². The molecule has 0 aromatic carbocycles. The lowest BCUT2D eigenvalue weighted by molar-refractivity contribution is -0.151. The van der Waals surface area contributed by atoms with Gasteiger partial charge in [0, 0.05) is 39.1 Å². The Kier molecular flexibility index (Phi) is 8.06. The molecule has 9 heteroatoms. The van der Waals surface area contributed by atoms with E-state index in [0.29, 0.717) is 58.5 Å². The zero-order chi connectivity index (χ0) is 22.4. The van der Waals surface area contributed by atoms with Gasteiger partial charge in [-0.1, -0.05) is 6.07 Å². The fourth-order valence-electron chi connectivity index (χ4n) is 4.20. The SMILES string of the molecule is CCOC(=O)C1CCN(C(=O)CN(C)C(=O)C2CCN(C(=O)c3cccs3)CC2)CC1. The van der Waals surface area contributed by atoms with Crippen LogP contribution in [-0.4, -0.2) is 84.8 Å². The van der Waals surface area contributed by atoms with Crippen molar-refractivity contribution in [3.63, 3.8) is 0 Å². The molecule has 3 amide bonds. The van der Waals surface area contributed by atoms with E-state index in [4.69, 9.17) is 4.74 Å². The summed E-state index contributed by atoms with van der Waals surface area (Å²) in [7, 11) is 1.66. The van der Waals surface area contributed by atoms with Gasteiger partial charge in [0.05, 0.1) is 23.9 Å². The number of rotatable bonds is 6. The van der Waals surface area contributed by atoms with Gasteiger partial charge in [0.25, 0.3) is 5.91 Å². The largest absolute Gasteiger partial charge is 0.466 e. The second kappa shape index (κ2) is 10.7. The molecule has 2 aliphatic heterocycles. The summed E-state index contributed by atoms with van der Waals surface area (Å²) >= 11 is 1.43. The molecule has 0 radical (unpaired) electrons. The highest BCUT2D eigenvalue weighted by atomic mass is 32.1. The van der Waals surface area contributed by atoms with Crippen molar-refractivity contribution in [1.82, 2.24) is 14.7 Å². The number of amides is 3. The van der Waals surface area contributed by atoms with E-state index in [9.17, 15) is 19.2 Å². The van der Waals surface area contributed by atoms with E-state index in [1.807, 2.05) is 17.5 Å². The summed E-state index contributed by atoms with van der Waals surface area (Å²) in [6.07, 6.45) is 2.41. The number of likely N-dealkylation sites (N-methyl/N-ethyl adjacent to an activating group) is 1. The Bertz CT molecular complexity index is 781. The number of hydrogen-bond donors (Lipinski definition) is 0. The van der Waals surface area contributed by atoms with Crippen LogP contribution in [-0.2, 0) is 19.1 Å². The van der Waals surface area contributed by atoms with E-state index in [2.05, 4.69) is 0 Å². The molecule has 0 spiro atoms. The van der Waals surface area contributed by atoms with Gasteiger partial charge in [-0.2, -0.15) is 0 Å². The summed E-state index contributed by atoms with van der Waals surface area (Å²) < 4.78 is 5.06. The molecule has 3 heterocycles. The first-order chi connectivity index (χ1) is 14.9. The van der Waals surface area contributed by atoms with Crippen molar-refractivity contribution in [2.45, 2.75) is 32.6 Å². The van der Waals surface area contributed by atoms with Crippen molar-refractivity contribution >= 4 is 35.0 Å². The molecule has 1 aromatic rings. The molecule has 0 saturated carbocycles. The first kappa shape index (κ1) is 23.2. The van der Waals surface area contributed by atoms with E-state index in [1.165, 1.54) is 16.2 Å². The topological polar surface area (TPSA) is 87.2 Å². The van der Waals surface area contributed by atoms with Crippen molar-refractivity contribution in [2.75, 3.05) is 46.4 Å². The maximum Gasteiger partial charge on any atom is 0.309 e. The van der Waals surface area contributed by atoms with Gasteiger partial charge in [-0.25, -0.2) is 0 Å². The first-order valence-electron chi connectivity index (χ1n) is 10.9. The van der Waals surface area contributed by atoms with Crippen molar-refractivity contribution in [3.8, 4) is 0 Å². The minimum absolute atomic E-state index is 0.0238. The molecule has 31 heavy (non-hydrogen) atoms. The molecule has 0 unspecified atom stereocenters. The van der Waals surface area contributed by atoms with E-state index < -0.39 is 0 Å². The van der Waals surface area contributed by atoms with Gasteiger partial charge >= 0.3 is 5.97 Å². The lowest BCUT2D eigenvalue weighted by atomic mass is 9.95. The highest BCUT2D eigenvalue weighted by molar-refractivity contribution is 7.12. The standard InChI is InChI=1S/C22H31N3O5S/c1-3-30-22(29)17-8-10-24(11-9-17)19(26)15-23(2)20(27)16-6-12-25(13-7-16)21(28)18-5-4-14-31-18/h4-5,14,16-17H,3,6-13,15H2,1-2H3. The van der Waals surface area contributed by atoms with E-state index >= 15 is 0 Å². The summed E-state index contributed by atoms with van der Waals surface area (Å²) in [5.41, 5.74) is 0. The molecular formula is C22H31N3O5S. The zero-order valence-corrected chi connectivity index (χ0v) is 19.1. The third kappa shape index (κ3) is 5.84. The highest BCUT2D eigenvalue weighted by Crippen LogP contribution is 2.23. The average molecular weight is 450 g/mol. The van der Waals surface area contributed by atoms with Crippen LogP contribution in [0.25, 0.3) is 0 Å². The second-order valence-electron chi connectivity index (χ2n) is 8.15. The first-order valence-corrected chi connectivity index (χ1v) is 11.8. The van der Waals surface area contributed by atoms with Gasteiger partial charge in [-0.3, -0.25) is 19.2 Å². The summed E-state index contributed by atoms with van der Waals surface area (Å²) in [5.74, 6) is -0.618. The van der Waals surface area contributed by atoms with Gasteiger partial charge in [0.15, 0.2) is 0 Å². The monoisotopic (exact) mass is 449 g/mol. The van der Waals surface area contributed by atoms with E-state index in [0.717, 1.165) is 4.88 Å². The van der Waals surface area contributed by atoms with E-state index in [-0.39, 0.29) is 42.1 Å². The number of carbonyl (C=O) groups excluding carboxylic acids is 4. The molecule has 170 valence electrons. The Morgan fingerprint density at radius 1 is 1.03 bits per heavy atom. The minimum Gasteiger partial charge on any atom is -0.466 e. The molecule has 8 nitrogen and oxygen atoms in total. The Morgan fingerprint density at radius 3 is 2.23 bits per heavy atom. The number of nitrogens with zero attached hydrogens (tertiary/aromatic N) is 3. The number of thiophene rings is 1. The van der Waals surface area contributed by atoms with Crippen LogP contribution in [0.15, 0.2) is 17.5 Å². The van der Waals surface area contributed by atoms with Crippen LogP contribution < -0.4 is 0 Å². The molecule has 2 saturated heterocycles. The van der Waals surface area contributed by atoms with Gasteiger partial charge in [-0.05, 0) is 44.1 Å².